The lowest BCUT2D eigenvalue weighted by atomic mass is 9.80. The first-order valence-corrected chi connectivity index (χ1v) is 12.4. The summed E-state index contributed by atoms with van der Waals surface area (Å²) in [4.78, 5) is 33.5. The van der Waals surface area contributed by atoms with Crippen molar-refractivity contribution in [2.45, 2.75) is 44.2 Å². The number of aromatic nitrogens is 1. The first-order chi connectivity index (χ1) is 16.1. The Morgan fingerprint density at radius 2 is 1.94 bits per heavy atom. The van der Waals surface area contributed by atoms with E-state index in [0.29, 0.717) is 18.4 Å². The summed E-state index contributed by atoms with van der Waals surface area (Å²) in [5, 5.41) is 20.9. The highest BCUT2D eigenvalue weighted by molar-refractivity contribution is 7.09. The van der Waals surface area contributed by atoms with Gasteiger partial charge in [0.2, 0.25) is 5.91 Å². The number of thiazole rings is 1. The van der Waals surface area contributed by atoms with Crippen molar-refractivity contribution >= 4 is 23.2 Å². The lowest BCUT2D eigenvalue weighted by Gasteiger charge is -2.36. The summed E-state index contributed by atoms with van der Waals surface area (Å²) in [7, 11) is 0. The Kier molecular flexibility index (Phi) is 7.70. The fourth-order valence-corrected chi connectivity index (χ4v) is 5.45. The summed E-state index contributed by atoms with van der Waals surface area (Å²) in [5.74, 6) is -0.558. The highest BCUT2D eigenvalue weighted by Crippen LogP contribution is 2.31. The zero-order valence-electron chi connectivity index (χ0n) is 18.7. The van der Waals surface area contributed by atoms with Gasteiger partial charge in [-0.25, -0.2) is 4.98 Å². The Hall–Kier alpha value is -2.80. The second-order valence-electron chi connectivity index (χ2n) is 8.64. The van der Waals surface area contributed by atoms with Gasteiger partial charge in [0.1, 0.15) is 17.1 Å². The predicted molar refractivity (Wildman–Crippen MR) is 128 cm³/mol. The van der Waals surface area contributed by atoms with Gasteiger partial charge in [0, 0.05) is 42.7 Å². The molecule has 1 aromatic carbocycles. The van der Waals surface area contributed by atoms with E-state index in [1.165, 1.54) is 0 Å². The molecule has 2 aliphatic rings. The van der Waals surface area contributed by atoms with E-state index in [4.69, 9.17) is 10.2 Å². The van der Waals surface area contributed by atoms with Gasteiger partial charge in [-0.15, -0.1) is 11.3 Å². The van der Waals surface area contributed by atoms with Gasteiger partial charge in [0.05, 0.1) is 18.3 Å². The maximum absolute atomic E-state index is 13.4. The van der Waals surface area contributed by atoms with Crippen LogP contribution < -0.4 is 16.0 Å². The van der Waals surface area contributed by atoms with Crippen LogP contribution in [0.5, 0.6) is 0 Å². The van der Waals surface area contributed by atoms with Crippen LogP contribution in [0.2, 0.25) is 0 Å². The van der Waals surface area contributed by atoms with Crippen molar-refractivity contribution in [3.05, 3.63) is 40.2 Å². The standard InChI is InChI=1S/C24H30N6O2S/c25-10-11-27-23(32)24(8-4-1-5-9-24)29-22(31)19-7-3-2-6-18(19)20-17-33-21(28-20)16-30-14-12-26-13-15-30/h2-3,6-7,17,26H,1,4-5,8-9,11-16H2,(H,27,32)(H,29,31). The average Bonchev–Trinajstić information content (AvgIpc) is 3.32. The topological polar surface area (TPSA) is 110 Å². The summed E-state index contributed by atoms with van der Waals surface area (Å²) >= 11 is 1.61. The third kappa shape index (κ3) is 5.58. The van der Waals surface area contributed by atoms with Gasteiger partial charge in [-0.1, -0.05) is 37.5 Å². The molecule has 0 unspecified atom stereocenters. The molecule has 33 heavy (non-hydrogen) atoms. The van der Waals surface area contributed by atoms with Gasteiger partial charge < -0.3 is 16.0 Å². The molecule has 1 aliphatic heterocycles. The van der Waals surface area contributed by atoms with Crippen molar-refractivity contribution < 1.29 is 9.59 Å². The molecule has 2 heterocycles. The normalized spacial score (nSPS) is 18.3. The number of benzene rings is 1. The Labute approximate surface area is 198 Å². The number of nitrogens with zero attached hydrogens (tertiary/aromatic N) is 3. The third-order valence-electron chi connectivity index (χ3n) is 6.39. The molecular weight excluding hydrogens is 436 g/mol. The summed E-state index contributed by atoms with van der Waals surface area (Å²) in [5.41, 5.74) is 1.08. The lowest BCUT2D eigenvalue weighted by Crippen LogP contribution is -2.59. The van der Waals surface area contributed by atoms with E-state index < -0.39 is 5.54 Å². The minimum Gasteiger partial charge on any atom is -0.341 e. The maximum Gasteiger partial charge on any atom is 0.252 e. The molecule has 3 N–H and O–H groups in total. The second-order valence-corrected chi connectivity index (χ2v) is 9.58. The van der Waals surface area contributed by atoms with Crippen LogP contribution in [0.3, 0.4) is 0 Å². The molecule has 0 bridgehead atoms. The van der Waals surface area contributed by atoms with Crippen molar-refractivity contribution in [3.63, 3.8) is 0 Å². The van der Waals surface area contributed by atoms with E-state index in [9.17, 15) is 9.59 Å². The fourth-order valence-electron chi connectivity index (χ4n) is 4.61. The van der Waals surface area contributed by atoms with E-state index in [2.05, 4.69) is 20.9 Å². The average molecular weight is 467 g/mol. The van der Waals surface area contributed by atoms with Gasteiger partial charge in [-0.3, -0.25) is 14.5 Å². The van der Waals surface area contributed by atoms with E-state index >= 15 is 0 Å². The van der Waals surface area contributed by atoms with Crippen LogP contribution in [-0.4, -0.2) is 60.0 Å². The molecule has 174 valence electrons. The number of nitriles is 1. The van der Waals surface area contributed by atoms with Crippen molar-refractivity contribution in [2.24, 2.45) is 0 Å². The summed E-state index contributed by atoms with van der Waals surface area (Å²) in [6.07, 6.45) is 3.91. The summed E-state index contributed by atoms with van der Waals surface area (Å²) in [6, 6.07) is 9.36. The minimum atomic E-state index is -0.977. The minimum absolute atomic E-state index is 0.0677. The van der Waals surface area contributed by atoms with Crippen molar-refractivity contribution in [2.75, 3.05) is 32.7 Å². The van der Waals surface area contributed by atoms with Crippen LogP contribution in [0.25, 0.3) is 11.3 Å². The highest BCUT2D eigenvalue weighted by Gasteiger charge is 2.41. The second kappa shape index (κ2) is 10.9. The lowest BCUT2D eigenvalue weighted by molar-refractivity contribution is -0.128. The molecular formula is C24H30N6O2S. The molecule has 0 spiro atoms. The number of carbonyl (C=O) groups is 2. The summed E-state index contributed by atoms with van der Waals surface area (Å²) in [6.45, 7) is 4.73. The highest BCUT2D eigenvalue weighted by atomic mass is 32.1. The van der Waals surface area contributed by atoms with E-state index in [0.717, 1.165) is 68.3 Å². The summed E-state index contributed by atoms with van der Waals surface area (Å²) < 4.78 is 0. The molecule has 1 aromatic heterocycles. The molecule has 0 atom stereocenters. The van der Waals surface area contributed by atoms with Gasteiger partial charge in [-0.05, 0) is 18.9 Å². The van der Waals surface area contributed by atoms with Crippen LogP contribution >= 0.6 is 11.3 Å². The SMILES string of the molecule is N#CCNC(=O)C1(NC(=O)c2ccccc2-c2csc(CN3CCNCC3)n2)CCCCC1. The Morgan fingerprint density at radius 1 is 1.18 bits per heavy atom. The van der Waals surface area contributed by atoms with Crippen molar-refractivity contribution in [1.29, 1.82) is 5.26 Å². The van der Waals surface area contributed by atoms with Gasteiger partial charge >= 0.3 is 0 Å². The van der Waals surface area contributed by atoms with Crippen LogP contribution in [-0.2, 0) is 11.3 Å². The number of hydrogen-bond donors (Lipinski definition) is 3. The first-order valence-electron chi connectivity index (χ1n) is 11.6. The molecule has 4 rings (SSSR count). The number of carbonyl (C=O) groups excluding carboxylic acids is 2. The van der Waals surface area contributed by atoms with Crippen LogP contribution in [0, 0.1) is 11.3 Å². The largest absolute Gasteiger partial charge is 0.341 e. The monoisotopic (exact) mass is 466 g/mol. The Morgan fingerprint density at radius 3 is 2.70 bits per heavy atom. The number of hydrogen-bond acceptors (Lipinski definition) is 7. The molecule has 2 fully saturated rings. The molecule has 8 nitrogen and oxygen atoms in total. The Balaban J connectivity index is 1.53. The first kappa shape index (κ1) is 23.4. The number of piperazine rings is 1. The van der Waals surface area contributed by atoms with Crippen LogP contribution in [0.15, 0.2) is 29.6 Å². The molecule has 2 amide bonds. The van der Waals surface area contributed by atoms with Crippen molar-refractivity contribution in [1.82, 2.24) is 25.8 Å². The number of amides is 2. The molecule has 2 aromatic rings. The van der Waals surface area contributed by atoms with Crippen LogP contribution in [0.4, 0.5) is 0 Å². The molecule has 0 radical (unpaired) electrons. The van der Waals surface area contributed by atoms with E-state index in [1.54, 1.807) is 17.4 Å². The quantitative estimate of drug-likeness (QED) is 0.540. The molecule has 1 saturated heterocycles. The Bertz CT molecular complexity index is 1020. The van der Waals surface area contributed by atoms with E-state index in [1.807, 2.05) is 29.6 Å². The molecule has 1 aliphatic carbocycles. The number of nitrogens with one attached hydrogen (secondary N) is 3. The predicted octanol–water partition coefficient (Wildman–Crippen LogP) is 2.29. The zero-order valence-corrected chi connectivity index (χ0v) is 19.5. The zero-order chi connectivity index (χ0) is 23.1. The molecule has 9 heteroatoms. The van der Waals surface area contributed by atoms with Gasteiger partial charge in [0.15, 0.2) is 0 Å². The smallest absolute Gasteiger partial charge is 0.252 e. The number of rotatable bonds is 7. The van der Waals surface area contributed by atoms with Crippen molar-refractivity contribution in [3.8, 4) is 17.3 Å². The van der Waals surface area contributed by atoms with Gasteiger partial charge in [0.25, 0.3) is 5.91 Å². The van der Waals surface area contributed by atoms with Crippen LogP contribution in [0.1, 0.15) is 47.5 Å². The maximum atomic E-state index is 13.4. The third-order valence-corrected chi connectivity index (χ3v) is 7.22. The fraction of sp³-hybridized carbons (Fsp3) is 0.500. The molecule has 1 saturated carbocycles. The van der Waals surface area contributed by atoms with E-state index in [-0.39, 0.29) is 18.4 Å². The van der Waals surface area contributed by atoms with Gasteiger partial charge in [-0.2, -0.15) is 5.26 Å².